The molecule has 4 heteroatoms. The Bertz CT molecular complexity index is 509. The van der Waals surface area contributed by atoms with E-state index in [0.717, 1.165) is 49.1 Å². The number of ether oxygens (including phenoxy) is 1. The highest BCUT2D eigenvalue weighted by atomic mass is 35.5. The lowest BCUT2D eigenvalue weighted by Gasteiger charge is -2.18. The van der Waals surface area contributed by atoms with Crippen LogP contribution in [0.2, 0.25) is 5.28 Å². The Labute approximate surface area is 119 Å². The van der Waals surface area contributed by atoms with Gasteiger partial charge in [0.05, 0.1) is 5.69 Å². The van der Waals surface area contributed by atoms with Crippen molar-refractivity contribution in [3.8, 4) is 5.88 Å². The Balaban J connectivity index is 2.33. The fourth-order valence-electron chi connectivity index (χ4n) is 2.24. The minimum atomic E-state index is 0.270. The van der Waals surface area contributed by atoms with Gasteiger partial charge in [-0.1, -0.05) is 13.0 Å². The van der Waals surface area contributed by atoms with Gasteiger partial charge in [-0.3, -0.25) is 0 Å². The number of fused-ring (bicyclic) bond motifs is 1. The van der Waals surface area contributed by atoms with Gasteiger partial charge in [-0.15, -0.1) is 0 Å². The fraction of sp³-hybridized carbons (Fsp3) is 0.467. The van der Waals surface area contributed by atoms with Gasteiger partial charge in [-0.05, 0) is 62.8 Å². The van der Waals surface area contributed by atoms with Gasteiger partial charge in [0.1, 0.15) is 5.76 Å². The first-order valence-corrected chi connectivity index (χ1v) is 7.18. The molecule has 0 unspecified atom stereocenters. The summed E-state index contributed by atoms with van der Waals surface area (Å²) in [6.07, 6.45) is 11.1. The smallest absolute Gasteiger partial charge is 0.227 e. The topological polar surface area (TPSA) is 35.0 Å². The number of allylic oxidation sites excluding steroid dienone is 3. The van der Waals surface area contributed by atoms with Crippen molar-refractivity contribution in [2.45, 2.75) is 46.0 Å². The van der Waals surface area contributed by atoms with Crippen LogP contribution in [0.1, 0.15) is 44.4 Å². The van der Waals surface area contributed by atoms with Gasteiger partial charge < -0.3 is 4.74 Å². The fourth-order valence-corrected chi connectivity index (χ4v) is 2.41. The van der Waals surface area contributed by atoms with Crippen molar-refractivity contribution >= 4 is 11.6 Å². The van der Waals surface area contributed by atoms with Crippen LogP contribution in [0, 0.1) is 0 Å². The number of rotatable bonds is 4. The predicted octanol–water partition coefficient (Wildman–Crippen LogP) is 4.26. The second-order valence-electron chi connectivity index (χ2n) is 4.55. The number of halogens is 1. The number of aromatic nitrogens is 2. The minimum Gasteiger partial charge on any atom is -0.439 e. The average molecular weight is 279 g/mol. The van der Waals surface area contributed by atoms with Crippen LogP contribution < -0.4 is 4.74 Å². The maximum Gasteiger partial charge on any atom is 0.227 e. The van der Waals surface area contributed by atoms with Crippen LogP contribution in [0.4, 0.5) is 0 Å². The molecule has 1 aliphatic carbocycles. The summed E-state index contributed by atoms with van der Waals surface area (Å²) in [5.74, 6) is 1.43. The highest BCUT2D eigenvalue weighted by Gasteiger charge is 2.18. The molecule has 0 atom stereocenters. The molecule has 1 aromatic heterocycles. The van der Waals surface area contributed by atoms with Crippen molar-refractivity contribution in [2.24, 2.45) is 0 Å². The van der Waals surface area contributed by atoms with E-state index in [9.17, 15) is 0 Å². The van der Waals surface area contributed by atoms with E-state index in [2.05, 4.69) is 16.9 Å². The molecule has 0 radical (unpaired) electrons. The third-order valence-electron chi connectivity index (χ3n) is 3.07. The number of nitrogens with zero attached hydrogens (tertiary/aromatic N) is 2. The summed E-state index contributed by atoms with van der Waals surface area (Å²) in [5, 5.41) is 0.270. The Hall–Kier alpha value is -1.35. The number of hydrogen-bond donors (Lipinski definition) is 0. The van der Waals surface area contributed by atoms with E-state index in [0.29, 0.717) is 5.88 Å². The van der Waals surface area contributed by atoms with E-state index in [-0.39, 0.29) is 5.28 Å². The summed E-state index contributed by atoms with van der Waals surface area (Å²) in [6.45, 7) is 4.05. The highest BCUT2D eigenvalue weighted by Crippen LogP contribution is 2.29. The molecule has 1 aromatic rings. The van der Waals surface area contributed by atoms with Crippen molar-refractivity contribution < 1.29 is 4.74 Å². The largest absolute Gasteiger partial charge is 0.439 e. The van der Waals surface area contributed by atoms with Crippen molar-refractivity contribution in [3.63, 3.8) is 0 Å². The molecule has 3 nitrogen and oxygen atoms in total. The first kappa shape index (κ1) is 14.1. The zero-order valence-electron chi connectivity index (χ0n) is 11.4. The summed E-state index contributed by atoms with van der Waals surface area (Å²) in [5.41, 5.74) is 2.15. The molecule has 102 valence electrons. The van der Waals surface area contributed by atoms with Crippen LogP contribution in [0.3, 0.4) is 0 Å². The Morgan fingerprint density at radius 3 is 2.84 bits per heavy atom. The van der Waals surface area contributed by atoms with Crippen molar-refractivity contribution in [2.75, 3.05) is 0 Å². The summed E-state index contributed by atoms with van der Waals surface area (Å²) < 4.78 is 5.91. The van der Waals surface area contributed by atoms with Crippen molar-refractivity contribution in [1.29, 1.82) is 0 Å². The van der Waals surface area contributed by atoms with Crippen LogP contribution in [-0.4, -0.2) is 9.97 Å². The zero-order chi connectivity index (χ0) is 13.7. The molecule has 0 saturated carbocycles. The molecule has 2 rings (SSSR count). The summed E-state index contributed by atoms with van der Waals surface area (Å²) in [6, 6.07) is 0. The average Bonchev–Trinajstić information content (AvgIpc) is 2.39. The molecule has 0 spiro atoms. The molecule has 1 aliphatic rings. The van der Waals surface area contributed by atoms with Crippen LogP contribution in [0.5, 0.6) is 5.88 Å². The lowest BCUT2D eigenvalue weighted by molar-refractivity contribution is 0.412. The van der Waals surface area contributed by atoms with E-state index in [1.54, 1.807) is 0 Å². The van der Waals surface area contributed by atoms with Gasteiger partial charge in [0.25, 0.3) is 0 Å². The lowest BCUT2D eigenvalue weighted by atomic mass is 9.97. The maximum absolute atomic E-state index is 5.98. The van der Waals surface area contributed by atoms with Crippen molar-refractivity contribution in [3.05, 3.63) is 40.5 Å². The normalized spacial score (nSPS) is 15.6. The molecule has 19 heavy (non-hydrogen) atoms. The standard InChI is InChI=1S/C15H19ClN2O/c1-3-7-11(8-4-2)19-14-12-9-5-6-10-13(12)17-15(16)18-14/h3,7-8H,4-6,9-10H2,1-2H3. The molecule has 0 bridgehead atoms. The zero-order valence-corrected chi connectivity index (χ0v) is 12.2. The molecule has 0 saturated heterocycles. The molecular weight excluding hydrogens is 260 g/mol. The van der Waals surface area contributed by atoms with E-state index >= 15 is 0 Å². The van der Waals surface area contributed by atoms with Crippen molar-refractivity contribution in [1.82, 2.24) is 9.97 Å². The van der Waals surface area contributed by atoms with Crippen LogP contribution in [0.15, 0.2) is 24.0 Å². The van der Waals surface area contributed by atoms with Crippen LogP contribution in [-0.2, 0) is 12.8 Å². The summed E-state index contributed by atoms with van der Waals surface area (Å²) in [7, 11) is 0. The molecule has 0 aliphatic heterocycles. The van der Waals surface area contributed by atoms with E-state index in [1.165, 1.54) is 0 Å². The van der Waals surface area contributed by atoms with E-state index in [4.69, 9.17) is 16.3 Å². The molecule has 0 amide bonds. The SMILES string of the molecule is CC=CC(=CCC)Oc1nc(Cl)nc2c1CCCC2. The van der Waals surface area contributed by atoms with Gasteiger partial charge in [-0.2, -0.15) is 4.98 Å². The number of hydrogen-bond acceptors (Lipinski definition) is 3. The highest BCUT2D eigenvalue weighted by molar-refractivity contribution is 6.28. The second-order valence-corrected chi connectivity index (χ2v) is 4.89. The van der Waals surface area contributed by atoms with Crippen LogP contribution in [0.25, 0.3) is 0 Å². The van der Waals surface area contributed by atoms with Gasteiger partial charge >= 0.3 is 0 Å². The minimum absolute atomic E-state index is 0.270. The quantitative estimate of drug-likeness (QED) is 0.469. The number of aryl methyl sites for hydroxylation is 1. The van der Waals surface area contributed by atoms with Gasteiger partial charge in [0.15, 0.2) is 0 Å². The Kier molecular flexibility index (Phi) is 4.97. The molecule has 0 aromatic carbocycles. The third kappa shape index (κ3) is 3.57. The van der Waals surface area contributed by atoms with Gasteiger partial charge in [0, 0.05) is 5.56 Å². The molecule has 0 fully saturated rings. The second kappa shape index (κ2) is 6.71. The molecule has 1 heterocycles. The monoisotopic (exact) mass is 278 g/mol. The maximum atomic E-state index is 5.98. The van der Waals surface area contributed by atoms with Gasteiger partial charge in [0.2, 0.25) is 11.2 Å². The lowest BCUT2D eigenvalue weighted by Crippen LogP contribution is -2.10. The molecule has 0 N–H and O–H groups in total. The third-order valence-corrected chi connectivity index (χ3v) is 3.24. The van der Waals surface area contributed by atoms with Gasteiger partial charge in [-0.25, -0.2) is 4.98 Å². The molecular formula is C15H19ClN2O. The van der Waals surface area contributed by atoms with E-state index in [1.807, 2.05) is 25.2 Å². The first-order chi connectivity index (χ1) is 9.24. The Morgan fingerprint density at radius 1 is 1.32 bits per heavy atom. The predicted molar refractivity (Wildman–Crippen MR) is 77.5 cm³/mol. The van der Waals surface area contributed by atoms with Crippen LogP contribution >= 0.6 is 11.6 Å². The Morgan fingerprint density at radius 2 is 2.11 bits per heavy atom. The summed E-state index contributed by atoms with van der Waals surface area (Å²) >= 11 is 5.98. The first-order valence-electron chi connectivity index (χ1n) is 6.80. The van der Waals surface area contributed by atoms with E-state index < -0.39 is 0 Å². The summed E-state index contributed by atoms with van der Waals surface area (Å²) in [4.78, 5) is 8.56.